The summed E-state index contributed by atoms with van der Waals surface area (Å²) in [6, 6.07) is 0.491. The Bertz CT molecular complexity index is 174. The minimum absolute atomic E-state index is 0.0746. The van der Waals surface area contributed by atoms with Crippen LogP contribution in [0.25, 0.3) is 0 Å². The van der Waals surface area contributed by atoms with Crippen molar-refractivity contribution in [3.05, 3.63) is 0 Å². The molecule has 1 aliphatic rings. The fourth-order valence-electron chi connectivity index (χ4n) is 2.40. The highest BCUT2D eigenvalue weighted by Crippen LogP contribution is 2.17. The third-order valence-corrected chi connectivity index (χ3v) is 3.39. The Morgan fingerprint density at radius 1 is 1.27 bits per heavy atom. The second kappa shape index (κ2) is 5.83. The van der Waals surface area contributed by atoms with Crippen LogP contribution in [0.15, 0.2) is 0 Å². The van der Waals surface area contributed by atoms with Gasteiger partial charge in [0.2, 0.25) is 0 Å². The van der Waals surface area contributed by atoms with Crippen LogP contribution >= 0.6 is 0 Å². The van der Waals surface area contributed by atoms with E-state index in [1.807, 2.05) is 6.92 Å². The van der Waals surface area contributed by atoms with Gasteiger partial charge in [-0.1, -0.05) is 12.8 Å². The number of aliphatic hydroxyl groups excluding tert-OH is 1. The first-order valence-corrected chi connectivity index (χ1v) is 6.19. The molecule has 0 spiro atoms. The van der Waals surface area contributed by atoms with Crippen molar-refractivity contribution in [1.82, 2.24) is 4.90 Å². The van der Waals surface area contributed by atoms with E-state index in [2.05, 4.69) is 11.8 Å². The first kappa shape index (κ1) is 12.9. The van der Waals surface area contributed by atoms with Gasteiger partial charge in [0.1, 0.15) is 0 Å². The summed E-state index contributed by atoms with van der Waals surface area (Å²) in [5.41, 5.74) is 5.56. The predicted molar refractivity (Wildman–Crippen MR) is 63.8 cm³/mol. The van der Waals surface area contributed by atoms with Crippen LogP contribution in [0, 0.1) is 0 Å². The van der Waals surface area contributed by atoms with Gasteiger partial charge >= 0.3 is 0 Å². The van der Waals surface area contributed by atoms with Crippen LogP contribution in [0.4, 0.5) is 0 Å². The lowest BCUT2D eigenvalue weighted by Gasteiger charge is -2.33. The summed E-state index contributed by atoms with van der Waals surface area (Å²) in [5.74, 6) is 0. The average Bonchev–Trinajstić information content (AvgIpc) is 2.45. The number of nitrogens with two attached hydrogens (primary N) is 1. The van der Waals surface area contributed by atoms with Gasteiger partial charge in [-0.15, -0.1) is 0 Å². The summed E-state index contributed by atoms with van der Waals surface area (Å²) >= 11 is 0. The molecule has 0 aromatic heterocycles. The molecule has 3 nitrogen and oxygen atoms in total. The molecule has 1 aliphatic heterocycles. The molecule has 15 heavy (non-hydrogen) atoms. The Hall–Kier alpha value is -0.120. The van der Waals surface area contributed by atoms with Crippen molar-refractivity contribution >= 4 is 0 Å². The summed E-state index contributed by atoms with van der Waals surface area (Å²) in [5, 5.41) is 9.15. The zero-order valence-electron chi connectivity index (χ0n) is 10.2. The van der Waals surface area contributed by atoms with Crippen LogP contribution in [-0.2, 0) is 0 Å². The summed E-state index contributed by atoms with van der Waals surface area (Å²) < 4.78 is 0. The zero-order valence-corrected chi connectivity index (χ0v) is 10.2. The van der Waals surface area contributed by atoms with E-state index in [0.29, 0.717) is 6.04 Å². The van der Waals surface area contributed by atoms with Gasteiger partial charge in [-0.2, -0.15) is 0 Å². The summed E-state index contributed by atoms with van der Waals surface area (Å²) in [6.45, 7) is 6.63. The van der Waals surface area contributed by atoms with E-state index in [-0.39, 0.29) is 6.61 Å². The molecular formula is C12H26N2O. The first-order valence-electron chi connectivity index (χ1n) is 6.19. The molecule has 1 fully saturated rings. The van der Waals surface area contributed by atoms with Gasteiger partial charge < -0.3 is 15.7 Å². The number of rotatable bonds is 4. The maximum atomic E-state index is 9.15. The number of aliphatic hydroxyl groups is 1. The molecule has 3 N–H and O–H groups in total. The molecule has 0 bridgehead atoms. The minimum atomic E-state index is -0.425. The molecule has 0 aromatic carbocycles. The van der Waals surface area contributed by atoms with Crippen LogP contribution in [0.3, 0.4) is 0 Å². The SMILES string of the molecule is CC(CC(C)(N)CO)N1CCCCCC1. The van der Waals surface area contributed by atoms with E-state index in [4.69, 9.17) is 10.8 Å². The molecule has 1 saturated heterocycles. The highest BCUT2D eigenvalue weighted by molar-refractivity contribution is 4.84. The van der Waals surface area contributed by atoms with Gasteiger partial charge in [-0.3, -0.25) is 0 Å². The van der Waals surface area contributed by atoms with Crippen molar-refractivity contribution < 1.29 is 5.11 Å². The lowest BCUT2D eigenvalue weighted by atomic mass is 9.95. The van der Waals surface area contributed by atoms with Crippen LogP contribution in [-0.4, -0.2) is 41.3 Å². The molecule has 0 saturated carbocycles. The first-order chi connectivity index (χ1) is 7.05. The fraction of sp³-hybridized carbons (Fsp3) is 1.00. The topological polar surface area (TPSA) is 49.5 Å². The van der Waals surface area contributed by atoms with Crippen LogP contribution in [0.5, 0.6) is 0 Å². The van der Waals surface area contributed by atoms with Crippen molar-refractivity contribution in [2.45, 2.75) is 57.5 Å². The van der Waals surface area contributed by atoms with Crippen LogP contribution in [0.1, 0.15) is 46.0 Å². The molecule has 90 valence electrons. The van der Waals surface area contributed by atoms with Crippen LogP contribution in [0.2, 0.25) is 0 Å². The number of nitrogens with zero attached hydrogens (tertiary/aromatic N) is 1. The minimum Gasteiger partial charge on any atom is -0.394 e. The maximum absolute atomic E-state index is 9.15. The normalized spacial score (nSPS) is 25.6. The molecule has 0 aromatic rings. The van der Waals surface area contributed by atoms with Gasteiger partial charge in [-0.05, 0) is 46.2 Å². The van der Waals surface area contributed by atoms with Crippen molar-refractivity contribution in [2.24, 2.45) is 5.73 Å². The van der Waals surface area contributed by atoms with Crippen LogP contribution < -0.4 is 5.73 Å². The summed E-state index contributed by atoms with van der Waals surface area (Å²) in [7, 11) is 0. The molecule has 1 heterocycles. The number of hydrogen-bond donors (Lipinski definition) is 2. The average molecular weight is 214 g/mol. The second-order valence-electron chi connectivity index (χ2n) is 5.32. The molecular weight excluding hydrogens is 188 g/mol. The maximum Gasteiger partial charge on any atom is 0.0609 e. The van der Waals surface area contributed by atoms with Crippen molar-refractivity contribution in [1.29, 1.82) is 0 Å². The van der Waals surface area contributed by atoms with E-state index in [1.54, 1.807) is 0 Å². The standard InChI is InChI=1S/C12H26N2O/c1-11(9-12(2,13)10-15)14-7-5-3-4-6-8-14/h11,15H,3-10,13H2,1-2H3. The largest absolute Gasteiger partial charge is 0.394 e. The Kier molecular flexibility index (Phi) is 5.03. The molecule has 2 unspecified atom stereocenters. The summed E-state index contributed by atoms with van der Waals surface area (Å²) in [4.78, 5) is 2.52. The number of likely N-dealkylation sites (tertiary alicyclic amines) is 1. The lowest BCUT2D eigenvalue weighted by Crippen LogP contribution is -2.47. The molecule has 0 radical (unpaired) electrons. The van der Waals surface area contributed by atoms with Gasteiger partial charge in [-0.25, -0.2) is 0 Å². The highest BCUT2D eigenvalue weighted by Gasteiger charge is 2.24. The Balaban J connectivity index is 2.40. The molecule has 0 amide bonds. The van der Waals surface area contributed by atoms with E-state index in [0.717, 1.165) is 6.42 Å². The van der Waals surface area contributed by atoms with E-state index >= 15 is 0 Å². The van der Waals surface area contributed by atoms with E-state index < -0.39 is 5.54 Å². The Labute approximate surface area is 93.6 Å². The second-order valence-corrected chi connectivity index (χ2v) is 5.32. The van der Waals surface area contributed by atoms with Gasteiger partial charge in [0.05, 0.1) is 6.61 Å². The fourth-order valence-corrected chi connectivity index (χ4v) is 2.40. The Morgan fingerprint density at radius 3 is 2.27 bits per heavy atom. The summed E-state index contributed by atoms with van der Waals surface area (Å²) in [6.07, 6.45) is 6.23. The smallest absolute Gasteiger partial charge is 0.0609 e. The Morgan fingerprint density at radius 2 is 1.80 bits per heavy atom. The van der Waals surface area contributed by atoms with E-state index in [1.165, 1.54) is 38.8 Å². The third kappa shape index (κ3) is 4.49. The lowest BCUT2D eigenvalue weighted by molar-refractivity contribution is 0.139. The monoisotopic (exact) mass is 214 g/mol. The third-order valence-electron chi connectivity index (χ3n) is 3.39. The molecule has 2 atom stereocenters. The number of hydrogen-bond acceptors (Lipinski definition) is 3. The van der Waals surface area contributed by atoms with Gasteiger partial charge in [0.25, 0.3) is 0 Å². The molecule has 3 heteroatoms. The predicted octanol–water partition coefficient (Wildman–Crippen LogP) is 1.35. The quantitative estimate of drug-likeness (QED) is 0.743. The molecule has 1 rings (SSSR count). The van der Waals surface area contributed by atoms with Crippen molar-refractivity contribution in [2.75, 3.05) is 19.7 Å². The van der Waals surface area contributed by atoms with Gasteiger partial charge in [0.15, 0.2) is 0 Å². The van der Waals surface area contributed by atoms with Gasteiger partial charge in [0, 0.05) is 11.6 Å². The zero-order chi connectivity index (χ0) is 11.3. The molecule has 0 aliphatic carbocycles. The van der Waals surface area contributed by atoms with Crippen molar-refractivity contribution in [3.63, 3.8) is 0 Å². The van der Waals surface area contributed by atoms with Crippen molar-refractivity contribution in [3.8, 4) is 0 Å². The van der Waals surface area contributed by atoms with E-state index in [9.17, 15) is 0 Å². The highest BCUT2D eigenvalue weighted by atomic mass is 16.3.